The third-order valence-electron chi connectivity index (χ3n) is 11.7. The first-order valence-electron chi connectivity index (χ1n) is 16.5. The number of aromatic nitrogens is 1. The van der Waals surface area contributed by atoms with Gasteiger partial charge in [0, 0.05) is 23.3 Å². The fourth-order valence-electron chi connectivity index (χ4n) is 9.76. The van der Waals surface area contributed by atoms with Gasteiger partial charge in [-0.25, -0.2) is 14.6 Å². The van der Waals surface area contributed by atoms with Gasteiger partial charge in [-0.2, -0.15) is 0 Å². The quantitative estimate of drug-likeness (QED) is 0.345. The molecular weight excluding hydrogens is 538 g/mol. The van der Waals surface area contributed by atoms with Crippen LogP contribution in [0.3, 0.4) is 0 Å². The van der Waals surface area contributed by atoms with Gasteiger partial charge >= 0.3 is 11.9 Å². The van der Waals surface area contributed by atoms with Gasteiger partial charge in [-0.1, -0.05) is 32.3 Å². The second-order valence-electron chi connectivity index (χ2n) is 14.0. The minimum absolute atomic E-state index is 0.104. The Bertz CT molecular complexity index is 1480. The molecule has 3 N–H and O–H groups in total. The number of carbonyl (C=O) groups excluding carboxylic acids is 2. The molecule has 2 saturated carbocycles. The van der Waals surface area contributed by atoms with Crippen molar-refractivity contribution in [2.45, 2.75) is 84.5 Å². The highest BCUT2D eigenvalue weighted by atomic mass is 16.5. The Morgan fingerprint density at radius 1 is 1.16 bits per heavy atom. The molecule has 7 aliphatic rings. The van der Waals surface area contributed by atoms with Crippen molar-refractivity contribution in [1.82, 2.24) is 10.3 Å². The molecule has 7 nitrogen and oxygen atoms in total. The molecule has 5 atom stereocenters. The number of rotatable bonds is 8. The molecule has 7 heteroatoms. The number of ether oxygens (including phenoxy) is 2. The number of hydrogen-bond donors (Lipinski definition) is 2. The highest BCUT2D eigenvalue weighted by molar-refractivity contribution is 6.00. The topological polar surface area (TPSA) is 104 Å². The third-order valence-corrected chi connectivity index (χ3v) is 11.7. The summed E-state index contributed by atoms with van der Waals surface area (Å²) in [4.78, 5) is 32.1. The van der Waals surface area contributed by atoms with Crippen molar-refractivity contribution in [3.63, 3.8) is 0 Å². The zero-order valence-corrected chi connectivity index (χ0v) is 25.8. The van der Waals surface area contributed by atoms with Gasteiger partial charge in [0.2, 0.25) is 0 Å². The Kier molecular flexibility index (Phi) is 7.15. The Balaban J connectivity index is 1.38. The van der Waals surface area contributed by atoms with Crippen molar-refractivity contribution in [2.75, 3.05) is 19.3 Å². The molecule has 1 saturated heterocycles. The van der Waals surface area contributed by atoms with Crippen LogP contribution in [0.25, 0.3) is 0 Å². The van der Waals surface area contributed by atoms with Crippen molar-refractivity contribution in [2.24, 2.45) is 34.5 Å². The summed E-state index contributed by atoms with van der Waals surface area (Å²) in [6.45, 7) is 5.34. The zero-order valence-electron chi connectivity index (χ0n) is 25.8. The third kappa shape index (κ3) is 4.44. The molecular formula is C36H45N3O4. The number of pyridine rings is 1. The summed E-state index contributed by atoms with van der Waals surface area (Å²) in [5, 5.41) is 3.27. The van der Waals surface area contributed by atoms with Gasteiger partial charge in [0.25, 0.3) is 0 Å². The second kappa shape index (κ2) is 10.8. The number of cyclic esters (lactones) is 2. The Hall–Kier alpha value is -3.19. The summed E-state index contributed by atoms with van der Waals surface area (Å²) in [5.74, 6) is 2.37. The van der Waals surface area contributed by atoms with Crippen LogP contribution in [0.4, 0.5) is 5.82 Å². The van der Waals surface area contributed by atoms with Crippen LogP contribution >= 0.6 is 0 Å². The lowest BCUT2D eigenvalue weighted by Crippen LogP contribution is -2.52. The van der Waals surface area contributed by atoms with Crippen molar-refractivity contribution in [3.05, 3.63) is 69.9 Å². The van der Waals surface area contributed by atoms with E-state index in [9.17, 15) is 9.59 Å². The van der Waals surface area contributed by atoms with E-state index in [1.165, 1.54) is 18.4 Å². The minimum Gasteiger partial charge on any atom is -0.427 e. The molecule has 43 heavy (non-hydrogen) atoms. The van der Waals surface area contributed by atoms with Crippen molar-refractivity contribution >= 4 is 17.8 Å². The van der Waals surface area contributed by atoms with Gasteiger partial charge in [-0.3, -0.25) is 0 Å². The molecule has 1 spiro atoms. The Labute approximate surface area is 255 Å². The molecule has 1 aromatic heterocycles. The molecule has 3 heterocycles. The molecule has 8 rings (SSSR count). The van der Waals surface area contributed by atoms with E-state index in [4.69, 9.17) is 15.2 Å². The summed E-state index contributed by atoms with van der Waals surface area (Å²) in [5.41, 5.74) is 10.5. The van der Waals surface area contributed by atoms with Gasteiger partial charge in [0.15, 0.2) is 0 Å². The predicted octanol–water partition coefficient (Wildman–Crippen LogP) is 6.33. The molecule has 1 aromatic rings. The average molecular weight is 584 g/mol. The lowest BCUT2D eigenvalue weighted by atomic mass is 9.44. The second-order valence-corrected chi connectivity index (χ2v) is 14.0. The molecule has 5 unspecified atom stereocenters. The summed E-state index contributed by atoms with van der Waals surface area (Å²) < 4.78 is 12.5. The van der Waals surface area contributed by atoms with Crippen LogP contribution in [0, 0.1) is 34.5 Å². The first-order valence-corrected chi connectivity index (χ1v) is 16.5. The van der Waals surface area contributed by atoms with E-state index >= 15 is 0 Å². The first kappa shape index (κ1) is 28.6. The maximum atomic E-state index is 14.0. The maximum absolute atomic E-state index is 14.0. The number of allylic oxidation sites excluding steroid dienone is 5. The van der Waals surface area contributed by atoms with Crippen LogP contribution in [-0.2, 0) is 25.5 Å². The van der Waals surface area contributed by atoms with Crippen LogP contribution < -0.4 is 11.1 Å². The first-order chi connectivity index (χ1) is 20.8. The smallest absolute Gasteiger partial charge is 0.340 e. The standard InChI is InChI=1S/C36H45N3O4/c1-4-35(13-5-6-14-35)19-27-25-9-8-24-23-11-15-36(31(24)30(25)33(40)42-27)28(10-7-21(2)20-38-3)43-34(41)32(36)26(23)17-22-12-16-39-29(37)18-22/h10,12,16,18-19,21,23-24,31,38H,4-9,11,13-15,17,20H2,1-3H3,(H2,37,39). The van der Waals surface area contributed by atoms with E-state index in [-0.39, 0.29) is 35.1 Å². The van der Waals surface area contributed by atoms with Gasteiger partial charge in [0.05, 0.1) is 11.0 Å². The lowest BCUT2D eigenvalue weighted by Gasteiger charge is -2.56. The summed E-state index contributed by atoms with van der Waals surface area (Å²) in [7, 11) is 1.96. The number of nitrogen functional groups attached to an aromatic ring is 1. The van der Waals surface area contributed by atoms with E-state index in [0.717, 1.165) is 91.7 Å². The van der Waals surface area contributed by atoms with Crippen molar-refractivity contribution < 1.29 is 19.1 Å². The molecule has 2 aliphatic heterocycles. The number of nitrogens with two attached hydrogens (primary N) is 1. The number of nitrogens with zero attached hydrogens (tertiary/aromatic N) is 1. The Morgan fingerprint density at radius 3 is 2.72 bits per heavy atom. The molecule has 0 radical (unpaired) electrons. The van der Waals surface area contributed by atoms with E-state index in [2.05, 4.69) is 36.3 Å². The molecule has 0 aromatic carbocycles. The summed E-state index contributed by atoms with van der Waals surface area (Å²) in [6, 6.07) is 3.91. The van der Waals surface area contributed by atoms with Gasteiger partial charge in [-0.05, 0) is 124 Å². The Morgan fingerprint density at radius 2 is 1.98 bits per heavy atom. The van der Waals surface area contributed by atoms with Gasteiger partial charge in [-0.15, -0.1) is 0 Å². The number of nitrogens with one attached hydrogen (secondary N) is 1. The monoisotopic (exact) mass is 583 g/mol. The molecule has 5 aliphatic carbocycles. The van der Waals surface area contributed by atoms with E-state index < -0.39 is 5.41 Å². The number of hydrogen-bond acceptors (Lipinski definition) is 7. The normalized spacial score (nSPS) is 33.1. The summed E-state index contributed by atoms with van der Waals surface area (Å²) in [6.07, 6.45) is 17.1. The average Bonchev–Trinajstić information content (AvgIpc) is 3.67. The highest BCUT2D eigenvalue weighted by Crippen LogP contribution is 2.70. The summed E-state index contributed by atoms with van der Waals surface area (Å²) >= 11 is 0. The number of esters is 2. The molecule has 228 valence electrons. The molecule has 0 amide bonds. The van der Waals surface area contributed by atoms with Crippen LogP contribution in [0.1, 0.15) is 83.6 Å². The lowest BCUT2D eigenvalue weighted by molar-refractivity contribution is -0.135. The van der Waals surface area contributed by atoms with Crippen LogP contribution in [0.15, 0.2) is 64.3 Å². The molecule has 3 fully saturated rings. The predicted molar refractivity (Wildman–Crippen MR) is 165 cm³/mol. The van der Waals surface area contributed by atoms with Crippen molar-refractivity contribution in [3.8, 4) is 0 Å². The van der Waals surface area contributed by atoms with E-state index in [1.54, 1.807) is 6.20 Å². The van der Waals surface area contributed by atoms with E-state index in [0.29, 0.717) is 18.2 Å². The number of anilines is 1. The van der Waals surface area contributed by atoms with Crippen molar-refractivity contribution in [1.29, 1.82) is 0 Å². The van der Waals surface area contributed by atoms with Gasteiger partial charge < -0.3 is 20.5 Å². The SMILES string of the molecule is CCC1(C=C2OC(=O)C3=C2CCC2C4CCC5(C(=CCC(C)CNC)OC(=O)C5=C4Cc4ccnc(N)c4)C32)CCCC1. The molecule has 2 bridgehead atoms. The van der Waals surface area contributed by atoms with Gasteiger partial charge in [0.1, 0.15) is 17.3 Å². The minimum atomic E-state index is -0.630. The largest absolute Gasteiger partial charge is 0.427 e. The zero-order chi connectivity index (χ0) is 29.9. The number of fused-ring (bicyclic) bond motifs is 1. The fraction of sp³-hybridized carbons (Fsp3) is 0.583. The van der Waals surface area contributed by atoms with Crippen LogP contribution in [0.2, 0.25) is 0 Å². The maximum Gasteiger partial charge on any atom is 0.340 e. The highest BCUT2D eigenvalue weighted by Gasteiger charge is 2.68. The fourth-order valence-corrected chi connectivity index (χ4v) is 9.76. The van der Waals surface area contributed by atoms with Crippen LogP contribution in [-0.4, -0.2) is 30.5 Å². The number of carbonyl (C=O) groups is 2. The van der Waals surface area contributed by atoms with Crippen LogP contribution in [0.5, 0.6) is 0 Å². The van der Waals surface area contributed by atoms with E-state index in [1.807, 2.05) is 19.2 Å².